The third kappa shape index (κ3) is 5.39. The fraction of sp³-hybridized carbons (Fsp3) is 0.400. The fourth-order valence-corrected chi connectivity index (χ4v) is 3.87. The van der Waals surface area contributed by atoms with Gasteiger partial charge in [0.05, 0.1) is 59.7 Å². The van der Waals surface area contributed by atoms with Crippen molar-refractivity contribution in [2.24, 2.45) is 0 Å². The van der Waals surface area contributed by atoms with E-state index in [1.165, 1.54) is 12.4 Å². The van der Waals surface area contributed by atoms with Gasteiger partial charge in [0.15, 0.2) is 0 Å². The molecule has 0 atom stereocenters. The highest BCUT2D eigenvalue weighted by molar-refractivity contribution is 6.04. The minimum atomic E-state index is -0.943. The number of carbonyl (C=O) groups is 1. The number of hydrogen-bond acceptors (Lipinski definition) is 10. The molecule has 1 fully saturated rings. The van der Waals surface area contributed by atoms with Gasteiger partial charge in [-0.25, -0.2) is 4.98 Å². The molecule has 3 aromatic heterocycles. The average Bonchev–Trinajstić information content (AvgIpc) is 2.90. The van der Waals surface area contributed by atoms with E-state index in [4.69, 9.17) is 14.7 Å². The van der Waals surface area contributed by atoms with Crippen molar-refractivity contribution in [3.05, 3.63) is 47.5 Å². The first kappa shape index (κ1) is 24.9. The molecular weight excluding hydrogens is 458 g/mol. The Bertz CT molecular complexity index is 1280. The zero-order chi connectivity index (χ0) is 25.7. The van der Waals surface area contributed by atoms with Crippen LogP contribution in [0.2, 0.25) is 0 Å². The van der Waals surface area contributed by atoms with Crippen LogP contribution in [0.15, 0.2) is 30.6 Å². The number of nitriles is 1. The molecule has 1 amide bonds. The van der Waals surface area contributed by atoms with E-state index in [0.29, 0.717) is 54.0 Å². The predicted molar refractivity (Wildman–Crippen MR) is 136 cm³/mol. The molecule has 0 aromatic carbocycles. The van der Waals surface area contributed by atoms with Crippen LogP contribution in [-0.4, -0.2) is 63.9 Å². The second-order valence-corrected chi connectivity index (χ2v) is 8.90. The summed E-state index contributed by atoms with van der Waals surface area (Å²) in [5, 5.41) is 23.4. The molecule has 0 bridgehead atoms. The molecule has 0 aliphatic carbocycles. The zero-order valence-electron chi connectivity index (χ0n) is 20.9. The van der Waals surface area contributed by atoms with Gasteiger partial charge in [0.25, 0.3) is 5.91 Å². The summed E-state index contributed by atoms with van der Waals surface area (Å²) in [6, 6.07) is 7.60. The van der Waals surface area contributed by atoms with Gasteiger partial charge in [-0.1, -0.05) is 0 Å². The topological polar surface area (TPSA) is 142 Å². The van der Waals surface area contributed by atoms with E-state index < -0.39 is 5.41 Å². The molecule has 4 rings (SSSR count). The number of aromatic nitrogens is 5. The number of ether oxygens (including phenoxy) is 1. The van der Waals surface area contributed by atoms with Gasteiger partial charge >= 0.3 is 0 Å². The van der Waals surface area contributed by atoms with Crippen molar-refractivity contribution in [2.75, 3.05) is 48.4 Å². The highest BCUT2D eigenvalue weighted by Gasteiger charge is 2.28. The molecule has 11 nitrogen and oxygen atoms in total. The molecule has 3 aromatic rings. The normalized spacial score (nSPS) is 13.7. The number of nitrogens with zero attached hydrogens (tertiary/aromatic N) is 7. The van der Waals surface area contributed by atoms with Crippen molar-refractivity contribution < 1.29 is 9.53 Å². The van der Waals surface area contributed by atoms with Gasteiger partial charge < -0.3 is 20.3 Å². The van der Waals surface area contributed by atoms with Crippen LogP contribution >= 0.6 is 0 Å². The number of pyridine rings is 1. The number of nitrogens with one attached hydrogen (secondary N) is 2. The summed E-state index contributed by atoms with van der Waals surface area (Å²) >= 11 is 0. The largest absolute Gasteiger partial charge is 0.378 e. The van der Waals surface area contributed by atoms with Gasteiger partial charge in [-0.05, 0) is 39.8 Å². The van der Waals surface area contributed by atoms with Gasteiger partial charge in [-0.15, -0.1) is 0 Å². The van der Waals surface area contributed by atoms with Crippen molar-refractivity contribution in [1.82, 2.24) is 25.1 Å². The van der Waals surface area contributed by atoms with Gasteiger partial charge in [0.2, 0.25) is 5.95 Å². The molecule has 186 valence electrons. The Balaban J connectivity index is 1.82. The first-order valence-electron chi connectivity index (χ1n) is 11.8. The fourth-order valence-electron chi connectivity index (χ4n) is 3.87. The summed E-state index contributed by atoms with van der Waals surface area (Å²) in [5.41, 5.74) is 2.38. The Kier molecular flexibility index (Phi) is 7.36. The SMILES string of the molecule is CCNc1nc(-c2cc(NC(=O)c3ccnnc3)c(C(C)(C)C#N)nc2C)cc(N2CCOCC2)n1. The van der Waals surface area contributed by atoms with Crippen LogP contribution in [0.1, 0.15) is 42.5 Å². The Morgan fingerprint density at radius 2 is 1.97 bits per heavy atom. The molecule has 36 heavy (non-hydrogen) atoms. The number of carbonyl (C=O) groups excluding carboxylic acids is 1. The van der Waals surface area contributed by atoms with Gasteiger partial charge in [0, 0.05) is 37.0 Å². The first-order chi connectivity index (χ1) is 17.3. The third-order valence-corrected chi connectivity index (χ3v) is 5.84. The van der Waals surface area contributed by atoms with E-state index in [0.717, 1.165) is 24.5 Å². The molecule has 1 aliphatic heterocycles. The van der Waals surface area contributed by atoms with Crippen LogP contribution in [0.5, 0.6) is 0 Å². The minimum Gasteiger partial charge on any atom is -0.378 e. The monoisotopic (exact) mass is 487 g/mol. The van der Waals surface area contributed by atoms with Crippen molar-refractivity contribution in [2.45, 2.75) is 33.1 Å². The summed E-state index contributed by atoms with van der Waals surface area (Å²) in [7, 11) is 0. The van der Waals surface area contributed by atoms with Crippen LogP contribution in [0, 0.1) is 18.3 Å². The van der Waals surface area contributed by atoms with Crippen LogP contribution in [-0.2, 0) is 10.2 Å². The Labute approximate surface area is 210 Å². The molecule has 2 N–H and O–H groups in total. The lowest BCUT2D eigenvalue weighted by atomic mass is 9.88. The molecule has 11 heteroatoms. The number of amides is 1. The molecule has 0 saturated carbocycles. The second kappa shape index (κ2) is 10.6. The van der Waals surface area contributed by atoms with Crippen LogP contribution in [0.4, 0.5) is 17.5 Å². The number of rotatable bonds is 7. The molecule has 0 spiro atoms. The molecule has 4 heterocycles. The summed E-state index contributed by atoms with van der Waals surface area (Å²) in [6.45, 7) is 10.8. The molecule has 0 unspecified atom stereocenters. The maximum absolute atomic E-state index is 13.0. The second-order valence-electron chi connectivity index (χ2n) is 8.90. The number of morpholine rings is 1. The summed E-state index contributed by atoms with van der Waals surface area (Å²) < 4.78 is 5.49. The number of anilines is 3. The Morgan fingerprint density at radius 3 is 2.64 bits per heavy atom. The Hall–Kier alpha value is -4.17. The molecule has 0 radical (unpaired) electrons. The van der Waals surface area contributed by atoms with E-state index in [2.05, 4.69) is 36.8 Å². The van der Waals surface area contributed by atoms with Crippen molar-refractivity contribution in [3.63, 3.8) is 0 Å². The van der Waals surface area contributed by atoms with Gasteiger partial charge in [-0.3, -0.25) is 9.78 Å². The maximum atomic E-state index is 13.0. The quantitative estimate of drug-likeness (QED) is 0.511. The summed E-state index contributed by atoms with van der Waals surface area (Å²) in [5.74, 6) is 0.917. The lowest BCUT2D eigenvalue weighted by Gasteiger charge is -2.28. The standard InChI is InChI=1S/C25H29N9O2/c1-5-27-24-32-19(13-21(33-24)34-8-10-36-11-9-34)18-12-20(22(30-16(18)2)25(3,4)15-26)31-23(35)17-6-7-28-29-14-17/h6-7,12-14H,5,8-11H2,1-4H3,(H,31,35)(H,27,32,33). The lowest BCUT2D eigenvalue weighted by Crippen LogP contribution is -2.37. The average molecular weight is 488 g/mol. The van der Waals surface area contributed by atoms with E-state index in [-0.39, 0.29) is 5.91 Å². The number of aryl methyl sites for hydroxylation is 1. The molecular formula is C25H29N9O2. The smallest absolute Gasteiger partial charge is 0.257 e. The lowest BCUT2D eigenvalue weighted by molar-refractivity contribution is 0.102. The highest BCUT2D eigenvalue weighted by atomic mass is 16.5. The maximum Gasteiger partial charge on any atom is 0.257 e. The Morgan fingerprint density at radius 1 is 1.19 bits per heavy atom. The van der Waals surface area contributed by atoms with E-state index in [9.17, 15) is 10.1 Å². The number of hydrogen-bond donors (Lipinski definition) is 2. The van der Waals surface area contributed by atoms with Crippen LogP contribution in [0.3, 0.4) is 0 Å². The minimum absolute atomic E-state index is 0.346. The van der Waals surface area contributed by atoms with E-state index in [1.807, 2.05) is 26.0 Å². The van der Waals surface area contributed by atoms with Crippen LogP contribution in [0.25, 0.3) is 11.3 Å². The van der Waals surface area contributed by atoms with Gasteiger partial charge in [0.1, 0.15) is 5.82 Å². The highest BCUT2D eigenvalue weighted by Crippen LogP contribution is 2.34. The zero-order valence-corrected chi connectivity index (χ0v) is 20.9. The third-order valence-electron chi connectivity index (χ3n) is 5.84. The summed E-state index contributed by atoms with van der Waals surface area (Å²) in [4.78, 5) is 29.3. The van der Waals surface area contributed by atoms with Crippen LogP contribution < -0.4 is 15.5 Å². The molecule has 1 aliphatic rings. The van der Waals surface area contributed by atoms with E-state index in [1.54, 1.807) is 19.9 Å². The van der Waals surface area contributed by atoms with Crippen molar-refractivity contribution in [1.29, 1.82) is 5.26 Å². The van der Waals surface area contributed by atoms with Crippen molar-refractivity contribution in [3.8, 4) is 17.3 Å². The molecule has 1 saturated heterocycles. The van der Waals surface area contributed by atoms with Crippen molar-refractivity contribution >= 4 is 23.4 Å². The predicted octanol–water partition coefficient (Wildman–Crippen LogP) is 2.96. The summed E-state index contributed by atoms with van der Waals surface area (Å²) in [6.07, 6.45) is 2.83. The van der Waals surface area contributed by atoms with E-state index >= 15 is 0 Å². The van der Waals surface area contributed by atoms with Gasteiger partial charge in [-0.2, -0.15) is 20.4 Å². The first-order valence-corrected chi connectivity index (χ1v) is 11.8.